The van der Waals surface area contributed by atoms with Gasteiger partial charge in [0.15, 0.2) is 0 Å². The van der Waals surface area contributed by atoms with Gasteiger partial charge in [-0.1, -0.05) is 13.8 Å². The minimum atomic E-state index is -0.148. The first kappa shape index (κ1) is 12.8. The first-order valence-electron chi connectivity index (χ1n) is 4.44. The molecule has 3 atom stereocenters. The number of carbonyl (C=O) groups is 1. The zero-order valence-electron chi connectivity index (χ0n) is 8.74. The Morgan fingerprint density at radius 2 is 2.00 bits per heavy atom. The van der Waals surface area contributed by atoms with E-state index in [0.717, 1.165) is 5.75 Å². The highest BCUT2D eigenvalue weighted by Crippen LogP contribution is 2.20. The summed E-state index contributed by atoms with van der Waals surface area (Å²) in [5.74, 6) is 0.668. The lowest BCUT2D eigenvalue weighted by molar-refractivity contribution is -0.144. The summed E-state index contributed by atoms with van der Waals surface area (Å²) in [5, 5.41) is 0.262. The van der Waals surface area contributed by atoms with Gasteiger partial charge in [-0.3, -0.25) is 4.79 Å². The predicted molar refractivity (Wildman–Crippen MR) is 56.7 cm³/mol. The van der Waals surface area contributed by atoms with Crippen LogP contribution in [0.4, 0.5) is 0 Å². The monoisotopic (exact) mass is 205 g/mol. The standard InChI is InChI=1S/C9H19NO2S/c1-6(10)5-13-8(3)7(2)9(11)12-4/h6-8H,5,10H2,1-4H3. The Hall–Kier alpha value is -0.220. The first-order chi connectivity index (χ1) is 5.99. The molecule has 2 N–H and O–H groups in total. The van der Waals surface area contributed by atoms with Crippen molar-refractivity contribution in [2.24, 2.45) is 11.7 Å². The summed E-state index contributed by atoms with van der Waals surface area (Å²) < 4.78 is 4.66. The fourth-order valence-electron chi connectivity index (χ4n) is 0.825. The molecule has 0 aromatic heterocycles. The van der Waals surface area contributed by atoms with Gasteiger partial charge in [0.25, 0.3) is 0 Å². The molecule has 3 nitrogen and oxygen atoms in total. The number of carbonyl (C=O) groups excluding carboxylic acids is 1. The van der Waals surface area contributed by atoms with Crippen LogP contribution in [-0.2, 0) is 9.53 Å². The lowest BCUT2D eigenvalue weighted by Gasteiger charge is -2.17. The number of ether oxygens (including phenoxy) is 1. The molecule has 0 heterocycles. The third-order valence-corrected chi connectivity index (χ3v) is 3.55. The lowest BCUT2D eigenvalue weighted by atomic mass is 10.1. The summed E-state index contributed by atoms with van der Waals surface area (Å²) in [7, 11) is 1.42. The number of esters is 1. The fraction of sp³-hybridized carbons (Fsp3) is 0.889. The highest BCUT2D eigenvalue weighted by atomic mass is 32.2. The van der Waals surface area contributed by atoms with E-state index in [9.17, 15) is 4.79 Å². The smallest absolute Gasteiger partial charge is 0.309 e. The van der Waals surface area contributed by atoms with E-state index in [1.165, 1.54) is 7.11 Å². The van der Waals surface area contributed by atoms with Gasteiger partial charge in [-0.15, -0.1) is 0 Å². The molecule has 0 spiro atoms. The summed E-state index contributed by atoms with van der Waals surface area (Å²) in [5.41, 5.74) is 5.61. The summed E-state index contributed by atoms with van der Waals surface area (Å²) >= 11 is 1.71. The molecule has 0 aliphatic carbocycles. The number of hydrogen-bond acceptors (Lipinski definition) is 4. The third-order valence-electron chi connectivity index (χ3n) is 1.90. The molecule has 0 aliphatic rings. The second-order valence-electron chi connectivity index (χ2n) is 3.33. The minimum Gasteiger partial charge on any atom is -0.469 e. The molecule has 0 amide bonds. The summed E-state index contributed by atoms with van der Waals surface area (Å²) in [6.45, 7) is 5.86. The molecule has 3 unspecified atom stereocenters. The molecule has 0 aliphatic heterocycles. The van der Waals surface area contributed by atoms with E-state index in [4.69, 9.17) is 5.73 Å². The van der Waals surface area contributed by atoms with Crippen LogP contribution in [0, 0.1) is 5.92 Å². The van der Waals surface area contributed by atoms with Gasteiger partial charge in [0, 0.05) is 17.0 Å². The highest BCUT2D eigenvalue weighted by Gasteiger charge is 2.21. The molecular weight excluding hydrogens is 186 g/mol. The molecular formula is C9H19NO2S. The molecule has 0 radical (unpaired) electrons. The van der Waals surface area contributed by atoms with E-state index < -0.39 is 0 Å². The van der Waals surface area contributed by atoms with E-state index >= 15 is 0 Å². The van der Waals surface area contributed by atoms with Gasteiger partial charge in [0.2, 0.25) is 0 Å². The molecule has 0 fully saturated rings. The van der Waals surface area contributed by atoms with Crippen LogP contribution in [0.3, 0.4) is 0 Å². The normalized spacial score (nSPS) is 17.6. The van der Waals surface area contributed by atoms with Gasteiger partial charge in [-0.05, 0) is 6.92 Å². The largest absolute Gasteiger partial charge is 0.469 e. The van der Waals surface area contributed by atoms with Crippen molar-refractivity contribution in [2.45, 2.75) is 32.1 Å². The Kier molecular flexibility index (Phi) is 6.16. The highest BCUT2D eigenvalue weighted by molar-refractivity contribution is 7.99. The van der Waals surface area contributed by atoms with Crippen LogP contribution >= 0.6 is 11.8 Å². The lowest BCUT2D eigenvalue weighted by Crippen LogP contribution is -2.25. The van der Waals surface area contributed by atoms with Crippen molar-refractivity contribution in [3.8, 4) is 0 Å². The summed E-state index contributed by atoms with van der Waals surface area (Å²) in [4.78, 5) is 11.1. The number of nitrogens with two attached hydrogens (primary N) is 1. The van der Waals surface area contributed by atoms with Crippen molar-refractivity contribution in [1.82, 2.24) is 0 Å². The van der Waals surface area contributed by atoms with E-state index in [2.05, 4.69) is 4.74 Å². The van der Waals surface area contributed by atoms with Crippen molar-refractivity contribution in [1.29, 1.82) is 0 Å². The first-order valence-corrected chi connectivity index (χ1v) is 5.49. The Morgan fingerprint density at radius 1 is 1.46 bits per heavy atom. The molecule has 13 heavy (non-hydrogen) atoms. The third kappa shape index (κ3) is 5.16. The van der Waals surface area contributed by atoms with E-state index in [1.54, 1.807) is 11.8 Å². The number of methoxy groups -OCH3 is 1. The quantitative estimate of drug-likeness (QED) is 0.687. The average Bonchev–Trinajstić information content (AvgIpc) is 2.11. The fourth-order valence-corrected chi connectivity index (χ4v) is 1.83. The van der Waals surface area contributed by atoms with Crippen LogP contribution in [0.25, 0.3) is 0 Å². The topological polar surface area (TPSA) is 52.3 Å². The van der Waals surface area contributed by atoms with Crippen molar-refractivity contribution in [3.05, 3.63) is 0 Å². The zero-order valence-corrected chi connectivity index (χ0v) is 9.56. The van der Waals surface area contributed by atoms with Gasteiger partial charge in [0.05, 0.1) is 13.0 Å². The Bertz CT molecular complexity index is 162. The van der Waals surface area contributed by atoms with Gasteiger partial charge in [-0.2, -0.15) is 11.8 Å². The Balaban J connectivity index is 3.82. The molecule has 0 aromatic carbocycles. The second kappa shape index (κ2) is 6.27. The van der Waals surface area contributed by atoms with Gasteiger partial charge in [0.1, 0.15) is 0 Å². The number of thioether (sulfide) groups is 1. The Morgan fingerprint density at radius 3 is 2.38 bits per heavy atom. The Labute approximate surface area is 84.4 Å². The van der Waals surface area contributed by atoms with E-state index in [-0.39, 0.29) is 23.2 Å². The maximum absolute atomic E-state index is 11.1. The molecule has 0 saturated carbocycles. The van der Waals surface area contributed by atoms with Crippen LogP contribution in [0.2, 0.25) is 0 Å². The van der Waals surface area contributed by atoms with Crippen LogP contribution in [0.15, 0.2) is 0 Å². The number of rotatable bonds is 5. The maximum Gasteiger partial charge on any atom is 0.309 e. The molecule has 4 heteroatoms. The van der Waals surface area contributed by atoms with Crippen molar-refractivity contribution < 1.29 is 9.53 Å². The second-order valence-corrected chi connectivity index (χ2v) is 4.74. The van der Waals surface area contributed by atoms with Crippen molar-refractivity contribution >= 4 is 17.7 Å². The van der Waals surface area contributed by atoms with Crippen LogP contribution < -0.4 is 5.73 Å². The summed E-state index contributed by atoms with van der Waals surface area (Å²) in [6.07, 6.45) is 0. The van der Waals surface area contributed by atoms with Crippen molar-refractivity contribution in [2.75, 3.05) is 12.9 Å². The molecule has 78 valence electrons. The van der Waals surface area contributed by atoms with Gasteiger partial charge >= 0.3 is 5.97 Å². The van der Waals surface area contributed by atoms with Crippen LogP contribution in [0.5, 0.6) is 0 Å². The van der Waals surface area contributed by atoms with E-state index in [0.29, 0.717) is 0 Å². The zero-order chi connectivity index (χ0) is 10.4. The molecule has 0 bridgehead atoms. The SMILES string of the molecule is COC(=O)C(C)C(C)SCC(C)N. The molecule has 0 saturated heterocycles. The molecule has 0 rings (SSSR count). The van der Waals surface area contributed by atoms with Crippen LogP contribution in [0.1, 0.15) is 20.8 Å². The summed E-state index contributed by atoms with van der Waals surface area (Å²) in [6, 6.07) is 0.178. The predicted octanol–water partition coefficient (Wildman–Crippen LogP) is 1.26. The molecule has 0 aromatic rings. The maximum atomic E-state index is 11.1. The minimum absolute atomic E-state index is 0.0613. The average molecular weight is 205 g/mol. The van der Waals surface area contributed by atoms with E-state index in [1.807, 2.05) is 20.8 Å². The number of hydrogen-bond donors (Lipinski definition) is 1. The van der Waals surface area contributed by atoms with Gasteiger partial charge in [-0.25, -0.2) is 0 Å². The van der Waals surface area contributed by atoms with Crippen molar-refractivity contribution in [3.63, 3.8) is 0 Å². The van der Waals surface area contributed by atoms with Crippen LogP contribution in [-0.4, -0.2) is 30.1 Å². The van der Waals surface area contributed by atoms with Gasteiger partial charge < -0.3 is 10.5 Å².